The molecule has 0 radical (unpaired) electrons. The maximum atomic E-state index is 14.0. The van der Waals surface area contributed by atoms with Gasteiger partial charge in [0, 0.05) is 18.2 Å². The summed E-state index contributed by atoms with van der Waals surface area (Å²) in [6.07, 6.45) is 0.555. The second kappa shape index (κ2) is 10.1. The highest BCUT2D eigenvalue weighted by Crippen LogP contribution is 2.26. The number of carbonyl (C=O) groups is 1. The van der Waals surface area contributed by atoms with Gasteiger partial charge >= 0.3 is 0 Å². The van der Waals surface area contributed by atoms with Gasteiger partial charge in [0.25, 0.3) is 5.91 Å². The SMILES string of the molecule is Cc1nc(C(=O)N[C@H](Cc2ccccc2)c2nnc(SCc3ccccc3F)n2C)cs1. The fraction of sp³-hybridized carbons (Fsp3) is 0.217. The van der Waals surface area contributed by atoms with Gasteiger partial charge in [0.05, 0.1) is 11.0 Å². The molecule has 0 spiro atoms. The average molecular weight is 468 g/mol. The van der Waals surface area contributed by atoms with Crippen molar-refractivity contribution < 1.29 is 9.18 Å². The van der Waals surface area contributed by atoms with Crippen LogP contribution in [0.25, 0.3) is 0 Å². The summed E-state index contributed by atoms with van der Waals surface area (Å²) < 4.78 is 15.8. The molecule has 0 saturated carbocycles. The summed E-state index contributed by atoms with van der Waals surface area (Å²) in [5.74, 6) is 0.575. The number of benzene rings is 2. The molecular weight excluding hydrogens is 445 g/mol. The minimum atomic E-state index is -0.396. The summed E-state index contributed by atoms with van der Waals surface area (Å²) in [5, 5.41) is 15.0. The van der Waals surface area contributed by atoms with Crippen molar-refractivity contribution in [3.63, 3.8) is 0 Å². The van der Waals surface area contributed by atoms with Gasteiger partial charge in [-0.2, -0.15) is 0 Å². The molecule has 164 valence electrons. The molecule has 4 aromatic rings. The molecule has 0 fully saturated rings. The van der Waals surface area contributed by atoms with Gasteiger partial charge in [-0.3, -0.25) is 4.79 Å². The number of nitrogens with zero attached hydrogens (tertiary/aromatic N) is 4. The number of amides is 1. The molecule has 0 aliphatic rings. The highest BCUT2D eigenvalue weighted by molar-refractivity contribution is 7.98. The van der Waals surface area contributed by atoms with Gasteiger partial charge in [0.2, 0.25) is 0 Å². The van der Waals surface area contributed by atoms with Gasteiger partial charge in [0.15, 0.2) is 11.0 Å². The number of thioether (sulfide) groups is 1. The van der Waals surface area contributed by atoms with Crippen LogP contribution in [0, 0.1) is 12.7 Å². The van der Waals surface area contributed by atoms with Gasteiger partial charge in [-0.1, -0.05) is 60.3 Å². The summed E-state index contributed by atoms with van der Waals surface area (Å²) in [6.45, 7) is 1.87. The second-order valence-corrected chi connectivity index (χ2v) is 9.25. The predicted molar refractivity (Wildman–Crippen MR) is 124 cm³/mol. The minimum Gasteiger partial charge on any atom is -0.340 e. The lowest BCUT2D eigenvalue weighted by atomic mass is 10.1. The van der Waals surface area contributed by atoms with Crippen LogP contribution in [0.1, 0.15) is 38.5 Å². The molecule has 1 N–H and O–H groups in total. The number of hydrogen-bond donors (Lipinski definition) is 1. The Hall–Kier alpha value is -3.04. The molecule has 2 aromatic carbocycles. The standard InChI is InChI=1S/C23H22FN5OS2/c1-15-25-20(14-31-15)22(30)26-19(12-16-8-4-3-5-9-16)21-27-28-23(29(21)2)32-13-17-10-6-7-11-18(17)24/h3-11,14,19H,12-13H2,1-2H3,(H,26,30)/t19-/m1/s1. The Balaban J connectivity index is 1.56. The van der Waals surface area contributed by atoms with Crippen LogP contribution in [0.3, 0.4) is 0 Å². The molecule has 0 aliphatic heterocycles. The van der Waals surface area contributed by atoms with E-state index in [9.17, 15) is 9.18 Å². The van der Waals surface area contributed by atoms with E-state index in [4.69, 9.17) is 0 Å². The lowest BCUT2D eigenvalue weighted by Crippen LogP contribution is -2.32. The number of carbonyl (C=O) groups excluding carboxylic acids is 1. The summed E-state index contributed by atoms with van der Waals surface area (Å²) in [5.41, 5.74) is 2.06. The fourth-order valence-corrected chi connectivity index (χ4v) is 4.77. The van der Waals surface area contributed by atoms with Crippen LogP contribution >= 0.6 is 23.1 Å². The largest absolute Gasteiger partial charge is 0.340 e. The molecule has 2 aromatic heterocycles. The first-order valence-electron chi connectivity index (χ1n) is 10.0. The zero-order valence-electron chi connectivity index (χ0n) is 17.7. The van der Waals surface area contributed by atoms with E-state index in [0.29, 0.717) is 34.4 Å². The Labute approximate surface area is 193 Å². The number of hydrogen-bond acceptors (Lipinski definition) is 6. The van der Waals surface area contributed by atoms with E-state index >= 15 is 0 Å². The first-order chi connectivity index (χ1) is 15.5. The molecule has 0 unspecified atom stereocenters. The van der Waals surface area contributed by atoms with Crippen LogP contribution in [0.5, 0.6) is 0 Å². The van der Waals surface area contributed by atoms with E-state index < -0.39 is 6.04 Å². The van der Waals surface area contributed by atoms with E-state index in [1.54, 1.807) is 17.5 Å². The topological polar surface area (TPSA) is 72.7 Å². The summed E-state index contributed by atoms with van der Waals surface area (Å²) >= 11 is 2.84. The van der Waals surface area contributed by atoms with E-state index in [1.807, 2.05) is 54.9 Å². The maximum absolute atomic E-state index is 14.0. The highest BCUT2D eigenvalue weighted by Gasteiger charge is 2.24. The molecule has 0 saturated heterocycles. The van der Waals surface area contributed by atoms with Crippen molar-refractivity contribution in [1.29, 1.82) is 0 Å². The molecule has 6 nitrogen and oxygen atoms in total. The van der Waals surface area contributed by atoms with Crippen LogP contribution in [0.15, 0.2) is 65.1 Å². The van der Waals surface area contributed by atoms with Gasteiger partial charge in [-0.05, 0) is 30.5 Å². The third-order valence-corrected chi connectivity index (χ3v) is 6.78. The van der Waals surface area contributed by atoms with Crippen molar-refractivity contribution in [3.05, 3.63) is 93.4 Å². The number of aryl methyl sites for hydroxylation is 1. The van der Waals surface area contributed by atoms with Crippen molar-refractivity contribution in [1.82, 2.24) is 25.1 Å². The zero-order valence-corrected chi connectivity index (χ0v) is 19.3. The molecule has 32 heavy (non-hydrogen) atoms. The Morgan fingerprint density at radius 3 is 2.62 bits per heavy atom. The van der Waals surface area contributed by atoms with Crippen LogP contribution in [-0.4, -0.2) is 25.7 Å². The van der Waals surface area contributed by atoms with Crippen LogP contribution in [0.2, 0.25) is 0 Å². The minimum absolute atomic E-state index is 0.241. The van der Waals surface area contributed by atoms with Crippen molar-refractivity contribution in [2.75, 3.05) is 0 Å². The van der Waals surface area contributed by atoms with Crippen LogP contribution in [-0.2, 0) is 19.2 Å². The van der Waals surface area contributed by atoms with Gasteiger partial charge in [0.1, 0.15) is 11.5 Å². The Kier molecular flexibility index (Phi) is 6.96. The quantitative estimate of drug-likeness (QED) is 0.380. The summed E-state index contributed by atoms with van der Waals surface area (Å²) in [4.78, 5) is 17.1. The molecule has 2 heterocycles. The number of thiazole rings is 1. The predicted octanol–water partition coefficient (Wildman–Crippen LogP) is 4.73. The molecule has 1 amide bonds. The van der Waals surface area contributed by atoms with Gasteiger partial charge in [-0.15, -0.1) is 21.5 Å². The van der Waals surface area contributed by atoms with Crippen molar-refractivity contribution in [2.24, 2.45) is 7.05 Å². The number of rotatable bonds is 8. The monoisotopic (exact) mass is 467 g/mol. The van der Waals surface area contributed by atoms with Gasteiger partial charge < -0.3 is 9.88 Å². The summed E-state index contributed by atoms with van der Waals surface area (Å²) in [7, 11) is 1.86. The fourth-order valence-electron chi connectivity index (χ4n) is 3.27. The lowest BCUT2D eigenvalue weighted by molar-refractivity contribution is 0.0929. The Bertz CT molecular complexity index is 1210. The molecule has 0 bridgehead atoms. The third-order valence-electron chi connectivity index (χ3n) is 4.93. The Morgan fingerprint density at radius 1 is 1.16 bits per heavy atom. The van der Waals surface area contributed by atoms with Crippen LogP contribution < -0.4 is 5.32 Å². The maximum Gasteiger partial charge on any atom is 0.271 e. The summed E-state index contributed by atoms with van der Waals surface area (Å²) in [6, 6.07) is 16.2. The molecule has 9 heteroatoms. The van der Waals surface area contributed by atoms with E-state index in [2.05, 4.69) is 20.5 Å². The number of aromatic nitrogens is 4. The number of halogens is 1. The van der Waals surface area contributed by atoms with E-state index in [1.165, 1.54) is 29.2 Å². The first kappa shape index (κ1) is 22.2. The molecule has 4 rings (SSSR count). The van der Waals surface area contributed by atoms with Gasteiger partial charge in [-0.25, -0.2) is 9.37 Å². The highest BCUT2D eigenvalue weighted by atomic mass is 32.2. The normalized spacial score (nSPS) is 12.0. The molecule has 1 atom stereocenters. The van der Waals surface area contributed by atoms with E-state index in [-0.39, 0.29) is 11.7 Å². The van der Waals surface area contributed by atoms with Crippen molar-refractivity contribution in [3.8, 4) is 0 Å². The van der Waals surface area contributed by atoms with Crippen molar-refractivity contribution in [2.45, 2.75) is 30.3 Å². The zero-order chi connectivity index (χ0) is 22.5. The molecule has 0 aliphatic carbocycles. The average Bonchev–Trinajstić information content (AvgIpc) is 3.39. The third kappa shape index (κ3) is 5.23. The first-order valence-corrected chi connectivity index (χ1v) is 11.9. The number of nitrogens with one attached hydrogen (secondary N) is 1. The van der Waals surface area contributed by atoms with Crippen LogP contribution in [0.4, 0.5) is 4.39 Å². The second-order valence-electron chi connectivity index (χ2n) is 7.25. The van der Waals surface area contributed by atoms with Crippen molar-refractivity contribution >= 4 is 29.0 Å². The smallest absolute Gasteiger partial charge is 0.271 e. The Morgan fingerprint density at radius 2 is 1.91 bits per heavy atom. The molecular formula is C23H22FN5OS2. The lowest BCUT2D eigenvalue weighted by Gasteiger charge is -2.18. The van der Waals surface area contributed by atoms with E-state index in [0.717, 1.165) is 10.6 Å².